The largest absolute Gasteiger partial charge is 0.392 e. The van der Waals surface area contributed by atoms with E-state index in [1.54, 1.807) is 24.0 Å². The molecule has 1 heterocycles. The van der Waals surface area contributed by atoms with Crippen LogP contribution in [-0.4, -0.2) is 34.3 Å². The molecule has 1 N–H and O–H groups in total. The highest BCUT2D eigenvalue weighted by Gasteiger charge is 2.33. The first-order valence-electron chi connectivity index (χ1n) is 5.53. The van der Waals surface area contributed by atoms with E-state index in [9.17, 15) is 9.90 Å². The van der Waals surface area contributed by atoms with Crippen LogP contribution in [0.1, 0.15) is 17.9 Å². The van der Waals surface area contributed by atoms with Crippen molar-refractivity contribution in [3.8, 4) is 0 Å². The molecular weight excluding hydrogens is 293 g/mol. The second kappa shape index (κ2) is 5.70. The highest BCUT2D eigenvalue weighted by atomic mass is 35.5. The number of hydrogen-bond donors (Lipinski definition) is 1. The lowest BCUT2D eigenvalue weighted by molar-refractivity contribution is -0.129. The van der Waals surface area contributed by atoms with Gasteiger partial charge in [-0.1, -0.05) is 29.3 Å². The summed E-state index contributed by atoms with van der Waals surface area (Å²) in [5, 5.41) is 10.3. The van der Waals surface area contributed by atoms with Crippen LogP contribution in [0.5, 0.6) is 0 Å². The van der Waals surface area contributed by atoms with Crippen molar-refractivity contribution in [3.63, 3.8) is 0 Å². The van der Waals surface area contributed by atoms with Crippen molar-refractivity contribution in [2.24, 2.45) is 0 Å². The van der Waals surface area contributed by atoms with E-state index in [1.165, 1.54) is 11.8 Å². The summed E-state index contributed by atoms with van der Waals surface area (Å²) in [5.74, 6) is 0.467. The van der Waals surface area contributed by atoms with Crippen LogP contribution in [0.25, 0.3) is 0 Å². The van der Waals surface area contributed by atoms with Gasteiger partial charge in [0.15, 0.2) is 0 Å². The smallest absolute Gasteiger partial charge is 0.233 e. The van der Waals surface area contributed by atoms with E-state index in [1.807, 2.05) is 6.07 Å². The normalized spacial score (nSPS) is 21.4. The molecule has 2 atom stereocenters. The maximum Gasteiger partial charge on any atom is 0.233 e. The predicted octanol–water partition coefficient (Wildman–Crippen LogP) is 2.95. The van der Waals surface area contributed by atoms with Crippen molar-refractivity contribution in [2.75, 3.05) is 12.3 Å². The first-order chi connectivity index (χ1) is 8.49. The summed E-state index contributed by atoms with van der Waals surface area (Å²) < 4.78 is 0. The Balaban J connectivity index is 2.25. The minimum Gasteiger partial charge on any atom is -0.392 e. The van der Waals surface area contributed by atoms with Gasteiger partial charge in [-0.15, -0.1) is 11.8 Å². The summed E-state index contributed by atoms with van der Waals surface area (Å²) in [4.78, 5) is 13.5. The second-order valence-electron chi connectivity index (χ2n) is 4.23. The third kappa shape index (κ3) is 2.94. The number of hydrogen-bond acceptors (Lipinski definition) is 3. The third-order valence-corrected chi connectivity index (χ3v) is 4.65. The molecule has 1 aromatic carbocycles. The van der Waals surface area contributed by atoms with E-state index in [2.05, 4.69) is 0 Å². The number of β-amino-alcohol motifs (C(OH)–C–C–N with tert-alkyl or cyclic N) is 1. The Hall–Kier alpha value is -0.420. The Kier molecular flexibility index (Phi) is 4.43. The first-order valence-corrected chi connectivity index (χ1v) is 7.33. The quantitative estimate of drug-likeness (QED) is 0.933. The zero-order valence-corrected chi connectivity index (χ0v) is 12.1. The zero-order chi connectivity index (χ0) is 13.3. The molecule has 1 aliphatic heterocycles. The minimum absolute atomic E-state index is 0.0389. The Morgan fingerprint density at radius 2 is 2.22 bits per heavy atom. The van der Waals surface area contributed by atoms with Crippen LogP contribution in [0.15, 0.2) is 18.2 Å². The average molecular weight is 306 g/mol. The van der Waals surface area contributed by atoms with Gasteiger partial charge in [-0.05, 0) is 24.6 Å². The second-order valence-corrected chi connectivity index (χ2v) is 6.11. The van der Waals surface area contributed by atoms with Crippen molar-refractivity contribution >= 4 is 40.9 Å². The lowest BCUT2D eigenvalue weighted by atomic mass is 10.2. The topological polar surface area (TPSA) is 40.5 Å². The Morgan fingerprint density at radius 1 is 1.50 bits per heavy atom. The fourth-order valence-electron chi connectivity index (χ4n) is 1.88. The number of thioether (sulfide) groups is 1. The molecule has 0 radical (unpaired) electrons. The number of halogens is 2. The van der Waals surface area contributed by atoms with Crippen LogP contribution in [-0.2, 0) is 4.79 Å². The van der Waals surface area contributed by atoms with E-state index in [-0.39, 0.29) is 11.3 Å². The molecule has 1 aliphatic rings. The number of benzene rings is 1. The Morgan fingerprint density at radius 3 is 2.83 bits per heavy atom. The number of rotatable bonds is 3. The molecular formula is C12H13Cl2NO2S. The third-order valence-electron chi connectivity index (χ3n) is 2.66. The molecule has 6 heteroatoms. The van der Waals surface area contributed by atoms with Crippen LogP contribution in [0.4, 0.5) is 0 Å². The molecule has 0 saturated carbocycles. The summed E-state index contributed by atoms with van der Waals surface area (Å²) in [7, 11) is 0. The van der Waals surface area contributed by atoms with E-state index >= 15 is 0 Å². The average Bonchev–Trinajstić information content (AvgIpc) is 2.64. The number of aliphatic hydroxyl groups is 1. The number of carbonyl (C=O) groups is 1. The van der Waals surface area contributed by atoms with Crippen molar-refractivity contribution in [2.45, 2.75) is 18.4 Å². The maximum atomic E-state index is 11.8. The molecule has 18 heavy (non-hydrogen) atoms. The van der Waals surface area contributed by atoms with Crippen LogP contribution in [0.3, 0.4) is 0 Å². The molecule has 0 aromatic heterocycles. The molecule has 1 saturated heterocycles. The number of amides is 1. The van der Waals surface area contributed by atoms with Gasteiger partial charge >= 0.3 is 0 Å². The highest BCUT2D eigenvalue weighted by Crippen LogP contribution is 2.40. The monoisotopic (exact) mass is 305 g/mol. The molecule has 2 rings (SSSR count). The maximum absolute atomic E-state index is 11.8. The lowest BCUT2D eigenvalue weighted by Crippen LogP contribution is -2.34. The van der Waals surface area contributed by atoms with Gasteiger partial charge in [0, 0.05) is 6.54 Å². The van der Waals surface area contributed by atoms with Crippen molar-refractivity contribution in [1.29, 1.82) is 0 Å². The van der Waals surface area contributed by atoms with Crippen LogP contribution in [0, 0.1) is 0 Å². The number of carbonyl (C=O) groups excluding carboxylic acids is 1. The van der Waals surface area contributed by atoms with Crippen molar-refractivity contribution < 1.29 is 9.90 Å². The molecule has 1 amide bonds. The van der Waals surface area contributed by atoms with Crippen molar-refractivity contribution in [3.05, 3.63) is 33.8 Å². The van der Waals surface area contributed by atoms with Gasteiger partial charge in [-0.25, -0.2) is 0 Å². The SMILES string of the molecule is C[C@@H](O)CN1C(=O)CS[C@@H]1c1ccc(Cl)c(Cl)c1. The fourth-order valence-corrected chi connectivity index (χ4v) is 3.37. The summed E-state index contributed by atoms with van der Waals surface area (Å²) in [6.07, 6.45) is -0.544. The Labute approximate surface area is 120 Å². The number of nitrogens with zero attached hydrogens (tertiary/aromatic N) is 1. The molecule has 1 aromatic rings. The van der Waals surface area contributed by atoms with Gasteiger partial charge in [0.25, 0.3) is 0 Å². The Bertz CT molecular complexity index is 467. The summed E-state index contributed by atoms with van der Waals surface area (Å²) in [5.41, 5.74) is 0.931. The molecule has 0 aliphatic carbocycles. The van der Waals surface area contributed by atoms with Gasteiger partial charge in [-0.3, -0.25) is 4.79 Å². The predicted molar refractivity (Wildman–Crippen MR) is 75.1 cm³/mol. The van der Waals surface area contributed by atoms with E-state index < -0.39 is 6.10 Å². The number of aliphatic hydroxyl groups excluding tert-OH is 1. The standard InChI is InChI=1S/C12H13Cl2NO2S/c1-7(16)5-15-11(17)6-18-12(15)8-2-3-9(13)10(14)4-8/h2-4,7,12,16H,5-6H2,1H3/t7-,12-/m1/s1. The molecule has 0 unspecified atom stereocenters. The van der Waals surface area contributed by atoms with Crippen LogP contribution in [0.2, 0.25) is 10.0 Å². The first kappa shape index (κ1) is 14.0. The molecule has 0 spiro atoms. The van der Waals surface area contributed by atoms with E-state index in [4.69, 9.17) is 23.2 Å². The van der Waals surface area contributed by atoms with Gasteiger partial charge in [0.05, 0.1) is 21.9 Å². The van der Waals surface area contributed by atoms with Gasteiger partial charge < -0.3 is 10.0 Å². The summed E-state index contributed by atoms with van der Waals surface area (Å²) in [6.45, 7) is 2.00. The zero-order valence-electron chi connectivity index (χ0n) is 9.77. The summed E-state index contributed by atoms with van der Waals surface area (Å²) >= 11 is 13.4. The van der Waals surface area contributed by atoms with E-state index in [0.717, 1.165) is 5.56 Å². The van der Waals surface area contributed by atoms with Crippen molar-refractivity contribution in [1.82, 2.24) is 4.90 Å². The lowest BCUT2D eigenvalue weighted by Gasteiger charge is -2.25. The van der Waals surface area contributed by atoms with E-state index in [0.29, 0.717) is 22.3 Å². The van der Waals surface area contributed by atoms with Crippen LogP contribution >= 0.6 is 35.0 Å². The highest BCUT2D eigenvalue weighted by molar-refractivity contribution is 8.00. The molecule has 98 valence electrons. The van der Waals surface area contributed by atoms with Crippen LogP contribution < -0.4 is 0 Å². The van der Waals surface area contributed by atoms with Gasteiger partial charge in [-0.2, -0.15) is 0 Å². The minimum atomic E-state index is -0.544. The van der Waals surface area contributed by atoms with Gasteiger partial charge in [0.1, 0.15) is 5.37 Å². The fraction of sp³-hybridized carbons (Fsp3) is 0.417. The summed E-state index contributed by atoms with van der Waals surface area (Å²) in [6, 6.07) is 5.36. The molecule has 0 bridgehead atoms. The molecule has 3 nitrogen and oxygen atoms in total. The molecule has 1 fully saturated rings. The van der Waals surface area contributed by atoms with Gasteiger partial charge in [0.2, 0.25) is 5.91 Å².